The molecule has 0 aliphatic heterocycles. The van der Waals surface area contributed by atoms with Crippen LogP contribution in [0.1, 0.15) is 0 Å². The SMILES string of the molecule is c1ccc(-c2c3ccccc3c(-c3ccc(N(c4ccc(N(c5ccccc5)c5ccccc5)cc4)c4cccc5ccccc45)cc3)c3ccccc23)cc1. The maximum absolute atomic E-state index is 2.39. The van der Waals surface area contributed by atoms with Gasteiger partial charge in [0.15, 0.2) is 0 Å². The summed E-state index contributed by atoms with van der Waals surface area (Å²) in [6, 6.07) is 83.0. The second kappa shape index (κ2) is 14.4. The molecule has 2 nitrogen and oxygen atoms in total. The Balaban J connectivity index is 1.12. The van der Waals surface area contributed by atoms with Crippen LogP contribution in [0.5, 0.6) is 0 Å². The third-order valence-corrected chi connectivity index (χ3v) is 10.8. The lowest BCUT2D eigenvalue weighted by atomic mass is 9.86. The van der Waals surface area contributed by atoms with E-state index in [1.165, 1.54) is 54.6 Å². The molecule has 0 saturated heterocycles. The lowest BCUT2D eigenvalue weighted by Crippen LogP contribution is -2.12. The highest BCUT2D eigenvalue weighted by Gasteiger charge is 2.20. The first kappa shape index (κ1) is 33.2. The summed E-state index contributed by atoms with van der Waals surface area (Å²) in [6.45, 7) is 0. The number of fused-ring (bicyclic) bond motifs is 3. The molecule has 0 aliphatic carbocycles. The van der Waals surface area contributed by atoms with E-state index in [1.807, 2.05) is 0 Å². The number of benzene rings is 10. The van der Waals surface area contributed by atoms with Gasteiger partial charge in [-0.2, -0.15) is 0 Å². The first-order chi connectivity index (χ1) is 27.8. The maximum atomic E-state index is 2.39. The molecule has 0 aliphatic rings. The van der Waals surface area contributed by atoms with Crippen LogP contribution < -0.4 is 9.80 Å². The van der Waals surface area contributed by atoms with E-state index >= 15 is 0 Å². The van der Waals surface area contributed by atoms with Gasteiger partial charge in [0.1, 0.15) is 0 Å². The largest absolute Gasteiger partial charge is 0.311 e. The van der Waals surface area contributed by atoms with E-state index in [2.05, 4.69) is 240 Å². The van der Waals surface area contributed by atoms with Crippen molar-refractivity contribution >= 4 is 66.4 Å². The van der Waals surface area contributed by atoms with Crippen molar-refractivity contribution in [2.75, 3.05) is 9.80 Å². The van der Waals surface area contributed by atoms with Gasteiger partial charge in [-0.3, -0.25) is 0 Å². The van der Waals surface area contributed by atoms with Crippen LogP contribution >= 0.6 is 0 Å². The van der Waals surface area contributed by atoms with Crippen LogP contribution in [-0.4, -0.2) is 0 Å². The zero-order valence-electron chi connectivity index (χ0n) is 30.8. The molecule has 0 atom stereocenters. The Kier molecular flexibility index (Phi) is 8.55. The molecule has 0 saturated carbocycles. The van der Waals surface area contributed by atoms with Crippen LogP contribution in [-0.2, 0) is 0 Å². The molecule has 10 aromatic rings. The number of hydrogen-bond acceptors (Lipinski definition) is 2. The predicted octanol–water partition coefficient (Wildman–Crippen LogP) is 15.4. The highest BCUT2D eigenvalue weighted by Crippen LogP contribution is 2.45. The molecule has 0 heterocycles. The number of anilines is 6. The van der Waals surface area contributed by atoms with Crippen LogP contribution in [0.4, 0.5) is 34.1 Å². The topological polar surface area (TPSA) is 6.48 Å². The summed E-state index contributed by atoms with van der Waals surface area (Å²) in [7, 11) is 0. The molecular formula is C54H38N2. The molecule has 10 rings (SSSR count). The summed E-state index contributed by atoms with van der Waals surface area (Å²) < 4.78 is 0. The minimum atomic E-state index is 1.09. The van der Waals surface area contributed by atoms with Gasteiger partial charge in [0.05, 0.1) is 5.69 Å². The minimum absolute atomic E-state index is 1.09. The Labute approximate surface area is 327 Å². The van der Waals surface area contributed by atoms with Gasteiger partial charge in [-0.25, -0.2) is 0 Å². The number of nitrogens with zero attached hydrogens (tertiary/aromatic N) is 2. The summed E-state index contributed by atoms with van der Waals surface area (Å²) in [5, 5.41) is 7.43. The number of hydrogen-bond donors (Lipinski definition) is 0. The van der Waals surface area contributed by atoms with Crippen molar-refractivity contribution in [3.05, 3.63) is 231 Å². The van der Waals surface area contributed by atoms with Crippen molar-refractivity contribution in [3.63, 3.8) is 0 Å². The molecule has 10 aromatic carbocycles. The third kappa shape index (κ3) is 5.95. The molecule has 0 aromatic heterocycles. The first-order valence-electron chi connectivity index (χ1n) is 19.2. The summed E-state index contributed by atoms with van der Waals surface area (Å²) in [6.07, 6.45) is 0. The zero-order valence-corrected chi connectivity index (χ0v) is 30.8. The molecule has 2 heteroatoms. The Morgan fingerprint density at radius 1 is 0.214 bits per heavy atom. The van der Waals surface area contributed by atoms with Crippen molar-refractivity contribution in [2.24, 2.45) is 0 Å². The summed E-state index contributed by atoms with van der Waals surface area (Å²) in [5.74, 6) is 0. The number of rotatable bonds is 8. The molecule has 0 spiro atoms. The second-order valence-corrected chi connectivity index (χ2v) is 14.1. The quantitative estimate of drug-likeness (QED) is 0.145. The molecule has 0 unspecified atom stereocenters. The normalized spacial score (nSPS) is 11.2. The average Bonchev–Trinajstić information content (AvgIpc) is 3.28. The Hall–Kier alpha value is -7.42. The van der Waals surface area contributed by atoms with Crippen LogP contribution in [0.2, 0.25) is 0 Å². The lowest BCUT2D eigenvalue weighted by molar-refractivity contribution is 1.26. The Morgan fingerprint density at radius 2 is 0.554 bits per heavy atom. The van der Waals surface area contributed by atoms with Crippen LogP contribution in [0.15, 0.2) is 231 Å². The molecule has 264 valence electrons. The highest BCUT2D eigenvalue weighted by molar-refractivity contribution is 6.21. The van der Waals surface area contributed by atoms with Crippen molar-refractivity contribution in [3.8, 4) is 22.3 Å². The maximum Gasteiger partial charge on any atom is 0.0540 e. The van der Waals surface area contributed by atoms with Gasteiger partial charge in [-0.15, -0.1) is 0 Å². The van der Waals surface area contributed by atoms with Crippen molar-refractivity contribution in [1.82, 2.24) is 0 Å². The fourth-order valence-corrected chi connectivity index (χ4v) is 8.32. The average molecular weight is 715 g/mol. The second-order valence-electron chi connectivity index (χ2n) is 14.1. The Morgan fingerprint density at radius 3 is 1.05 bits per heavy atom. The van der Waals surface area contributed by atoms with Gasteiger partial charge in [-0.05, 0) is 116 Å². The summed E-state index contributed by atoms with van der Waals surface area (Å²) in [5.41, 5.74) is 11.6. The van der Waals surface area contributed by atoms with E-state index in [-0.39, 0.29) is 0 Å². The number of para-hydroxylation sites is 2. The van der Waals surface area contributed by atoms with E-state index < -0.39 is 0 Å². The van der Waals surface area contributed by atoms with Crippen molar-refractivity contribution in [2.45, 2.75) is 0 Å². The molecule has 56 heavy (non-hydrogen) atoms. The smallest absolute Gasteiger partial charge is 0.0540 e. The first-order valence-corrected chi connectivity index (χ1v) is 19.2. The zero-order chi connectivity index (χ0) is 37.3. The summed E-state index contributed by atoms with van der Waals surface area (Å²) in [4.78, 5) is 4.69. The highest BCUT2D eigenvalue weighted by atomic mass is 15.2. The Bertz CT molecular complexity index is 2840. The van der Waals surface area contributed by atoms with E-state index in [9.17, 15) is 0 Å². The van der Waals surface area contributed by atoms with Crippen LogP contribution in [0.25, 0.3) is 54.6 Å². The van der Waals surface area contributed by atoms with Gasteiger partial charge in [0.2, 0.25) is 0 Å². The molecule has 0 bridgehead atoms. The molecule has 0 N–H and O–H groups in total. The van der Waals surface area contributed by atoms with E-state index in [0.29, 0.717) is 0 Å². The van der Waals surface area contributed by atoms with E-state index in [4.69, 9.17) is 0 Å². The fraction of sp³-hybridized carbons (Fsp3) is 0. The minimum Gasteiger partial charge on any atom is -0.311 e. The van der Waals surface area contributed by atoms with Gasteiger partial charge in [0, 0.05) is 33.8 Å². The standard InChI is InChI=1S/C54H38N2/c1-4-18-40(19-5-1)53-48-26-12-14-28-50(48)54(51-29-15-13-27-49(51)53)41-31-33-45(34-32-41)56(52-30-16-20-39-17-10-11-25-47(39)52)46-37-35-44(36-38-46)55(42-21-6-2-7-22-42)43-23-8-3-9-24-43/h1-38H. The predicted molar refractivity (Wildman–Crippen MR) is 239 cm³/mol. The van der Waals surface area contributed by atoms with Crippen molar-refractivity contribution in [1.29, 1.82) is 0 Å². The molecule has 0 radical (unpaired) electrons. The van der Waals surface area contributed by atoms with Gasteiger partial charge in [0.25, 0.3) is 0 Å². The van der Waals surface area contributed by atoms with Gasteiger partial charge >= 0.3 is 0 Å². The van der Waals surface area contributed by atoms with E-state index in [1.54, 1.807) is 0 Å². The monoisotopic (exact) mass is 714 g/mol. The lowest BCUT2D eigenvalue weighted by Gasteiger charge is -2.29. The summed E-state index contributed by atoms with van der Waals surface area (Å²) >= 11 is 0. The van der Waals surface area contributed by atoms with Gasteiger partial charge < -0.3 is 9.80 Å². The molecular weight excluding hydrogens is 677 g/mol. The fourth-order valence-electron chi connectivity index (χ4n) is 8.32. The van der Waals surface area contributed by atoms with Crippen LogP contribution in [0.3, 0.4) is 0 Å². The van der Waals surface area contributed by atoms with E-state index in [0.717, 1.165) is 34.1 Å². The van der Waals surface area contributed by atoms with Crippen molar-refractivity contribution < 1.29 is 0 Å². The van der Waals surface area contributed by atoms with Crippen LogP contribution in [0, 0.1) is 0 Å². The third-order valence-electron chi connectivity index (χ3n) is 10.8. The molecule has 0 amide bonds. The van der Waals surface area contributed by atoms with Gasteiger partial charge in [-0.1, -0.05) is 164 Å². The molecule has 0 fully saturated rings.